The van der Waals surface area contributed by atoms with E-state index < -0.39 is 6.10 Å². The van der Waals surface area contributed by atoms with Gasteiger partial charge in [0.05, 0.1) is 12.9 Å². The molecule has 12 heavy (non-hydrogen) atoms. The number of hydrogen-bond acceptors (Lipinski definition) is 4. The first-order valence-electron chi connectivity index (χ1n) is 3.59. The number of hydrogen-bond donors (Lipinski definition) is 0. The third kappa shape index (κ3) is 5.69. The molecule has 0 rings (SSSR count). The SMILES string of the molecule is CCOC(=S)C=COC(C)C#N. The van der Waals surface area contributed by atoms with Crippen LogP contribution in [0.15, 0.2) is 12.3 Å². The molecule has 4 heteroatoms. The molecule has 1 atom stereocenters. The van der Waals surface area contributed by atoms with E-state index in [1.807, 2.05) is 13.0 Å². The van der Waals surface area contributed by atoms with Crippen LogP contribution in [0, 0.1) is 11.3 Å². The maximum atomic E-state index is 8.33. The molecule has 0 aliphatic carbocycles. The van der Waals surface area contributed by atoms with Gasteiger partial charge in [-0.3, -0.25) is 0 Å². The summed E-state index contributed by atoms with van der Waals surface area (Å²) in [6.07, 6.45) is 2.42. The Labute approximate surface area is 77.6 Å². The van der Waals surface area contributed by atoms with E-state index in [4.69, 9.17) is 27.0 Å². The van der Waals surface area contributed by atoms with E-state index in [0.29, 0.717) is 11.7 Å². The Morgan fingerprint density at radius 3 is 2.92 bits per heavy atom. The van der Waals surface area contributed by atoms with E-state index in [0.717, 1.165) is 0 Å². The highest BCUT2D eigenvalue weighted by atomic mass is 32.1. The zero-order chi connectivity index (χ0) is 9.40. The Hall–Kier alpha value is -1.08. The second kappa shape index (κ2) is 6.62. The molecule has 0 spiro atoms. The Balaban J connectivity index is 3.63. The average molecular weight is 185 g/mol. The van der Waals surface area contributed by atoms with Crippen LogP contribution in [0.3, 0.4) is 0 Å². The van der Waals surface area contributed by atoms with Crippen LogP contribution in [0.4, 0.5) is 0 Å². The van der Waals surface area contributed by atoms with Crippen molar-refractivity contribution in [3.8, 4) is 6.07 Å². The summed E-state index contributed by atoms with van der Waals surface area (Å²) < 4.78 is 9.84. The van der Waals surface area contributed by atoms with E-state index in [-0.39, 0.29) is 0 Å². The molecular weight excluding hydrogens is 174 g/mol. The first-order valence-corrected chi connectivity index (χ1v) is 4.00. The standard InChI is InChI=1S/C8H11NO2S/c1-3-10-8(12)4-5-11-7(2)6-9/h4-5,7H,3H2,1-2H3. The summed E-state index contributed by atoms with van der Waals surface area (Å²) in [6.45, 7) is 4.03. The molecular formula is C8H11NO2S. The molecule has 0 aromatic carbocycles. The maximum absolute atomic E-state index is 8.33. The molecule has 0 fully saturated rings. The van der Waals surface area contributed by atoms with Gasteiger partial charge in [-0.25, -0.2) is 0 Å². The van der Waals surface area contributed by atoms with Gasteiger partial charge in [0.2, 0.25) is 0 Å². The third-order valence-electron chi connectivity index (χ3n) is 0.955. The van der Waals surface area contributed by atoms with Gasteiger partial charge in [0.15, 0.2) is 11.2 Å². The van der Waals surface area contributed by atoms with Crippen molar-refractivity contribution in [2.24, 2.45) is 0 Å². The summed E-state index contributed by atoms with van der Waals surface area (Å²) in [7, 11) is 0. The second-order valence-electron chi connectivity index (χ2n) is 1.96. The monoisotopic (exact) mass is 185 g/mol. The highest BCUT2D eigenvalue weighted by Gasteiger charge is 1.94. The normalized spacial score (nSPS) is 12.1. The Morgan fingerprint density at radius 1 is 1.75 bits per heavy atom. The van der Waals surface area contributed by atoms with Crippen LogP contribution >= 0.6 is 12.2 Å². The van der Waals surface area contributed by atoms with Crippen molar-refractivity contribution in [2.45, 2.75) is 20.0 Å². The lowest BCUT2D eigenvalue weighted by molar-refractivity contribution is 0.210. The van der Waals surface area contributed by atoms with Gasteiger partial charge in [-0.2, -0.15) is 5.26 Å². The molecule has 0 aliphatic heterocycles. The lowest BCUT2D eigenvalue weighted by atomic mass is 10.5. The second-order valence-corrected chi connectivity index (χ2v) is 2.36. The summed E-state index contributed by atoms with van der Waals surface area (Å²) in [4.78, 5) is 0. The summed E-state index contributed by atoms with van der Waals surface area (Å²) >= 11 is 4.77. The van der Waals surface area contributed by atoms with E-state index in [1.165, 1.54) is 12.3 Å². The quantitative estimate of drug-likeness (QED) is 0.380. The lowest BCUT2D eigenvalue weighted by Crippen LogP contribution is -2.01. The third-order valence-corrected chi connectivity index (χ3v) is 1.21. The van der Waals surface area contributed by atoms with Crippen LogP contribution in [-0.2, 0) is 9.47 Å². The zero-order valence-corrected chi connectivity index (χ0v) is 7.93. The van der Waals surface area contributed by atoms with Gasteiger partial charge in [-0.15, -0.1) is 0 Å². The highest BCUT2D eigenvalue weighted by molar-refractivity contribution is 7.80. The number of thiocarbonyl (C=S) groups is 1. The molecule has 3 nitrogen and oxygen atoms in total. The van der Waals surface area contributed by atoms with E-state index in [9.17, 15) is 0 Å². The van der Waals surface area contributed by atoms with Crippen LogP contribution in [0.2, 0.25) is 0 Å². The Bertz CT molecular complexity index is 208. The predicted molar refractivity (Wildman–Crippen MR) is 49.5 cm³/mol. The van der Waals surface area contributed by atoms with Crippen LogP contribution in [0.5, 0.6) is 0 Å². The fraction of sp³-hybridized carbons (Fsp3) is 0.500. The largest absolute Gasteiger partial charge is 0.484 e. The first kappa shape index (κ1) is 10.9. The molecule has 66 valence electrons. The molecule has 0 saturated carbocycles. The van der Waals surface area contributed by atoms with Crippen molar-refractivity contribution >= 4 is 17.3 Å². The van der Waals surface area contributed by atoms with Gasteiger partial charge in [0.1, 0.15) is 6.07 Å². The van der Waals surface area contributed by atoms with Crippen molar-refractivity contribution in [2.75, 3.05) is 6.61 Å². The van der Waals surface area contributed by atoms with Gasteiger partial charge in [0, 0.05) is 6.08 Å². The summed E-state index contributed by atoms with van der Waals surface area (Å²) in [5.41, 5.74) is 0. The van der Waals surface area contributed by atoms with Crippen molar-refractivity contribution in [1.82, 2.24) is 0 Å². The summed E-state index contributed by atoms with van der Waals surface area (Å²) in [5.74, 6) is 0. The molecule has 0 aliphatic rings. The predicted octanol–water partition coefficient (Wildman–Crippen LogP) is 1.79. The summed E-state index contributed by atoms with van der Waals surface area (Å²) in [6, 6.07) is 1.91. The van der Waals surface area contributed by atoms with Crippen LogP contribution in [-0.4, -0.2) is 17.8 Å². The zero-order valence-electron chi connectivity index (χ0n) is 7.11. The van der Waals surface area contributed by atoms with Gasteiger partial charge in [0.25, 0.3) is 0 Å². The molecule has 0 aromatic heterocycles. The van der Waals surface area contributed by atoms with Crippen LogP contribution in [0.1, 0.15) is 13.8 Å². The molecule has 0 saturated heterocycles. The number of nitrogens with zero attached hydrogens (tertiary/aromatic N) is 1. The van der Waals surface area contributed by atoms with Crippen LogP contribution < -0.4 is 0 Å². The van der Waals surface area contributed by atoms with E-state index in [1.54, 1.807) is 6.92 Å². The molecule has 0 amide bonds. The topological polar surface area (TPSA) is 42.2 Å². The van der Waals surface area contributed by atoms with Crippen molar-refractivity contribution in [3.05, 3.63) is 12.3 Å². The Kier molecular flexibility index (Phi) is 6.02. The minimum absolute atomic E-state index is 0.364. The van der Waals surface area contributed by atoms with Gasteiger partial charge in [-0.05, 0) is 26.1 Å². The smallest absolute Gasteiger partial charge is 0.186 e. The minimum atomic E-state index is -0.453. The first-order chi connectivity index (χ1) is 5.70. The van der Waals surface area contributed by atoms with Crippen molar-refractivity contribution in [3.63, 3.8) is 0 Å². The van der Waals surface area contributed by atoms with Crippen LogP contribution in [0.25, 0.3) is 0 Å². The molecule has 0 aromatic rings. The lowest BCUT2D eigenvalue weighted by Gasteiger charge is -2.01. The highest BCUT2D eigenvalue weighted by Crippen LogP contribution is 1.91. The van der Waals surface area contributed by atoms with E-state index >= 15 is 0 Å². The molecule has 0 heterocycles. The van der Waals surface area contributed by atoms with Crippen molar-refractivity contribution < 1.29 is 9.47 Å². The summed E-state index contributed by atoms with van der Waals surface area (Å²) in [5, 5.41) is 8.69. The fourth-order valence-electron chi connectivity index (χ4n) is 0.433. The maximum Gasteiger partial charge on any atom is 0.186 e. The molecule has 1 unspecified atom stereocenters. The molecule has 0 radical (unpaired) electrons. The number of nitriles is 1. The number of rotatable bonds is 4. The fourth-order valence-corrected chi connectivity index (χ4v) is 0.607. The Morgan fingerprint density at radius 2 is 2.42 bits per heavy atom. The van der Waals surface area contributed by atoms with Gasteiger partial charge in [-0.1, -0.05) is 0 Å². The molecule has 0 bridgehead atoms. The van der Waals surface area contributed by atoms with Gasteiger partial charge >= 0.3 is 0 Å². The minimum Gasteiger partial charge on any atom is -0.484 e. The number of ether oxygens (including phenoxy) is 2. The van der Waals surface area contributed by atoms with Gasteiger partial charge < -0.3 is 9.47 Å². The average Bonchev–Trinajstić information content (AvgIpc) is 2.04. The van der Waals surface area contributed by atoms with E-state index in [2.05, 4.69) is 0 Å². The molecule has 0 N–H and O–H groups in total. The van der Waals surface area contributed by atoms with Crippen molar-refractivity contribution in [1.29, 1.82) is 5.26 Å².